The normalized spacial score (nSPS) is 37.9. The van der Waals surface area contributed by atoms with Crippen LogP contribution in [-0.4, -0.2) is 0 Å². The van der Waals surface area contributed by atoms with E-state index in [4.69, 9.17) is 0 Å². The van der Waals surface area contributed by atoms with Crippen molar-refractivity contribution in [3.63, 3.8) is 0 Å². The molecule has 0 saturated heterocycles. The summed E-state index contributed by atoms with van der Waals surface area (Å²) < 4.78 is 0. The molecule has 2 aliphatic rings. The predicted octanol–water partition coefficient (Wildman–Crippen LogP) is 3.80. The molecule has 0 nitrogen and oxygen atoms in total. The van der Waals surface area contributed by atoms with Gasteiger partial charge in [-0.1, -0.05) is 44.6 Å². The fourth-order valence-electron chi connectivity index (χ4n) is 2.98. The first-order valence-electron chi connectivity index (χ1n) is 5.64. The van der Waals surface area contributed by atoms with E-state index in [0.29, 0.717) is 0 Å². The molecule has 3 atom stereocenters. The average molecular weight is 176 g/mol. The van der Waals surface area contributed by atoms with E-state index in [9.17, 15) is 0 Å². The van der Waals surface area contributed by atoms with Crippen molar-refractivity contribution < 1.29 is 0 Å². The summed E-state index contributed by atoms with van der Waals surface area (Å²) in [5, 5.41) is 0. The van der Waals surface area contributed by atoms with Crippen molar-refractivity contribution in [1.29, 1.82) is 0 Å². The van der Waals surface area contributed by atoms with Gasteiger partial charge in [0.1, 0.15) is 0 Å². The van der Waals surface area contributed by atoms with E-state index in [1.807, 2.05) is 0 Å². The molecule has 0 aromatic heterocycles. The Labute approximate surface area is 81.7 Å². The van der Waals surface area contributed by atoms with E-state index in [1.165, 1.54) is 19.3 Å². The van der Waals surface area contributed by atoms with Crippen LogP contribution < -0.4 is 0 Å². The maximum Gasteiger partial charge on any atom is -0.0136 e. The van der Waals surface area contributed by atoms with Crippen LogP contribution in [0.2, 0.25) is 0 Å². The molecule has 0 aromatic rings. The zero-order valence-electron chi connectivity index (χ0n) is 8.74. The Bertz CT molecular complexity index is 222. The molecule has 0 heteroatoms. The van der Waals surface area contributed by atoms with Crippen LogP contribution in [0.3, 0.4) is 0 Å². The molecule has 0 spiro atoms. The number of allylic oxidation sites excluding steroid dienone is 4. The molecule has 1 fully saturated rings. The summed E-state index contributed by atoms with van der Waals surface area (Å²) >= 11 is 0. The summed E-state index contributed by atoms with van der Waals surface area (Å²) in [6.45, 7) is 4.75. The van der Waals surface area contributed by atoms with Crippen molar-refractivity contribution in [2.24, 2.45) is 23.7 Å². The van der Waals surface area contributed by atoms with Crippen molar-refractivity contribution in [2.45, 2.75) is 33.1 Å². The van der Waals surface area contributed by atoms with Gasteiger partial charge in [0.2, 0.25) is 0 Å². The predicted molar refractivity (Wildman–Crippen MR) is 57.4 cm³/mol. The molecule has 0 N–H and O–H groups in total. The highest BCUT2D eigenvalue weighted by Crippen LogP contribution is 2.41. The fraction of sp³-hybridized carbons (Fsp3) is 0.692. The monoisotopic (exact) mass is 176 g/mol. The highest BCUT2D eigenvalue weighted by Gasteiger charge is 2.32. The standard InChI is InChI=1S/C13H20/c1-10(2)12-9-5-7-11-6-3-4-8-13(11)12/h3-4,6,8,10-13H,5,7,9H2,1-2H3. The maximum absolute atomic E-state index is 2.44. The van der Waals surface area contributed by atoms with Crippen LogP contribution in [0.15, 0.2) is 24.3 Å². The van der Waals surface area contributed by atoms with Crippen molar-refractivity contribution in [1.82, 2.24) is 0 Å². The van der Waals surface area contributed by atoms with Crippen molar-refractivity contribution in [3.05, 3.63) is 24.3 Å². The van der Waals surface area contributed by atoms with Crippen LogP contribution in [0, 0.1) is 23.7 Å². The van der Waals surface area contributed by atoms with E-state index in [-0.39, 0.29) is 0 Å². The third-order valence-corrected chi connectivity index (χ3v) is 3.72. The van der Waals surface area contributed by atoms with E-state index in [2.05, 4.69) is 38.2 Å². The maximum atomic E-state index is 2.44. The molecule has 0 heterocycles. The Kier molecular flexibility index (Phi) is 2.57. The van der Waals surface area contributed by atoms with Crippen LogP contribution >= 0.6 is 0 Å². The molecule has 3 unspecified atom stereocenters. The van der Waals surface area contributed by atoms with Gasteiger partial charge in [-0.3, -0.25) is 0 Å². The van der Waals surface area contributed by atoms with Crippen molar-refractivity contribution in [3.8, 4) is 0 Å². The largest absolute Gasteiger partial charge is 0.0808 e. The lowest BCUT2D eigenvalue weighted by Gasteiger charge is -2.38. The molecule has 0 aromatic carbocycles. The van der Waals surface area contributed by atoms with E-state index in [1.54, 1.807) is 0 Å². The van der Waals surface area contributed by atoms with Crippen molar-refractivity contribution in [2.75, 3.05) is 0 Å². The number of hydrogen-bond acceptors (Lipinski definition) is 0. The van der Waals surface area contributed by atoms with Crippen LogP contribution in [-0.2, 0) is 0 Å². The van der Waals surface area contributed by atoms with Gasteiger partial charge in [0.25, 0.3) is 0 Å². The van der Waals surface area contributed by atoms with Gasteiger partial charge in [-0.15, -0.1) is 0 Å². The third-order valence-electron chi connectivity index (χ3n) is 3.72. The van der Waals surface area contributed by atoms with Gasteiger partial charge in [-0.2, -0.15) is 0 Å². The second kappa shape index (κ2) is 3.69. The minimum Gasteiger partial charge on any atom is -0.0808 e. The molecular formula is C13H20. The number of fused-ring (bicyclic) bond motifs is 1. The Morgan fingerprint density at radius 3 is 2.62 bits per heavy atom. The summed E-state index contributed by atoms with van der Waals surface area (Å²) in [7, 11) is 0. The zero-order chi connectivity index (χ0) is 9.26. The molecule has 2 aliphatic carbocycles. The van der Waals surface area contributed by atoms with Crippen molar-refractivity contribution >= 4 is 0 Å². The highest BCUT2D eigenvalue weighted by molar-refractivity contribution is 5.16. The first-order chi connectivity index (χ1) is 6.29. The summed E-state index contributed by atoms with van der Waals surface area (Å²) in [5.41, 5.74) is 0. The molecular weight excluding hydrogens is 156 g/mol. The third kappa shape index (κ3) is 1.72. The van der Waals surface area contributed by atoms with Crippen LogP contribution in [0.4, 0.5) is 0 Å². The quantitative estimate of drug-likeness (QED) is 0.570. The van der Waals surface area contributed by atoms with Gasteiger partial charge < -0.3 is 0 Å². The first-order valence-corrected chi connectivity index (χ1v) is 5.64. The van der Waals surface area contributed by atoms with E-state index in [0.717, 1.165) is 23.7 Å². The van der Waals surface area contributed by atoms with E-state index < -0.39 is 0 Å². The summed E-state index contributed by atoms with van der Waals surface area (Å²) in [6, 6.07) is 0. The molecule has 0 radical (unpaired) electrons. The molecule has 2 rings (SSSR count). The van der Waals surface area contributed by atoms with E-state index >= 15 is 0 Å². The number of rotatable bonds is 1. The highest BCUT2D eigenvalue weighted by atomic mass is 14.4. The smallest absolute Gasteiger partial charge is 0.0136 e. The summed E-state index contributed by atoms with van der Waals surface area (Å²) in [6.07, 6.45) is 13.6. The molecule has 72 valence electrons. The average Bonchev–Trinajstić information content (AvgIpc) is 2.17. The van der Waals surface area contributed by atoms with Gasteiger partial charge in [-0.25, -0.2) is 0 Å². The molecule has 1 saturated carbocycles. The molecule has 0 aliphatic heterocycles. The Hall–Kier alpha value is -0.520. The second-order valence-electron chi connectivity index (χ2n) is 4.85. The van der Waals surface area contributed by atoms with Crippen LogP contribution in [0.25, 0.3) is 0 Å². The minimum atomic E-state index is 0.846. The van der Waals surface area contributed by atoms with Gasteiger partial charge in [0, 0.05) is 0 Å². The van der Waals surface area contributed by atoms with Gasteiger partial charge in [0.05, 0.1) is 0 Å². The molecule has 0 bridgehead atoms. The van der Waals surface area contributed by atoms with Gasteiger partial charge >= 0.3 is 0 Å². The molecule has 13 heavy (non-hydrogen) atoms. The first kappa shape index (κ1) is 9.05. The fourth-order valence-corrected chi connectivity index (χ4v) is 2.98. The lowest BCUT2D eigenvalue weighted by molar-refractivity contribution is 0.176. The Morgan fingerprint density at radius 1 is 1.08 bits per heavy atom. The van der Waals surface area contributed by atoms with Crippen LogP contribution in [0.5, 0.6) is 0 Å². The SMILES string of the molecule is CC(C)C1CCCC2C=CC=CC21. The second-order valence-corrected chi connectivity index (χ2v) is 4.85. The molecule has 0 amide bonds. The summed E-state index contributed by atoms with van der Waals surface area (Å²) in [4.78, 5) is 0. The topological polar surface area (TPSA) is 0 Å². The summed E-state index contributed by atoms with van der Waals surface area (Å²) in [5.74, 6) is 3.48. The minimum absolute atomic E-state index is 0.846. The van der Waals surface area contributed by atoms with Gasteiger partial charge in [-0.05, 0) is 36.5 Å². The Balaban J connectivity index is 2.13. The lowest BCUT2D eigenvalue weighted by atomic mass is 9.67. The van der Waals surface area contributed by atoms with Gasteiger partial charge in [0.15, 0.2) is 0 Å². The number of hydrogen-bond donors (Lipinski definition) is 0. The zero-order valence-corrected chi connectivity index (χ0v) is 8.74. The van der Waals surface area contributed by atoms with Crippen LogP contribution in [0.1, 0.15) is 33.1 Å². The lowest BCUT2D eigenvalue weighted by Crippen LogP contribution is -2.30. The Morgan fingerprint density at radius 2 is 1.85 bits per heavy atom.